The number of Topliss-reactive ketones (excluding diaryl/α,β-unsaturated/α-hetero) is 1. The lowest BCUT2D eigenvalue weighted by Crippen LogP contribution is -2.20. The molecule has 0 saturated carbocycles. The van der Waals surface area contributed by atoms with Crippen LogP contribution in [0.3, 0.4) is 0 Å². The van der Waals surface area contributed by atoms with Crippen molar-refractivity contribution >= 4 is 40.4 Å². The highest BCUT2D eigenvalue weighted by Gasteiger charge is 2.37. The number of ether oxygens (including phenoxy) is 1. The van der Waals surface area contributed by atoms with Crippen molar-refractivity contribution in [1.82, 2.24) is 0 Å². The highest BCUT2D eigenvalue weighted by atomic mass is 35.5. The van der Waals surface area contributed by atoms with Crippen LogP contribution in [0.1, 0.15) is 40.7 Å². The Kier molecular flexibility index (Phi) is 5.30. The second-order valence-electron chi connectivity index (χ2n) is 5.89. The molecule has 0 amide bonds. The second kappa shape index (κ2) is 7.36. The molecule has 0 atom stereocenters. The molecular formula is C18H14ClF2NO4S. The molecule has 142 valence electrons. The molecule has 27 heavy (non-hydrogen) atoms. The van der Waals surface area contributed by atoms with Gasteiger partial charge in [0.2, 0.25) is 5.78 Å². The summed E-state index contributed by atoms with van der Waals surface area (Å²) >= 11 is 6.95. The van der Waals surface area contributed by atoms with Gasteiger partial charge in [-0.3, -0.25) is 14.6 Å². The van der Waals surface area contributed by atoms with Crippen LogP contribution in [-0.2, 0) is 9.53 Å². The molecule has 2 heterocycles. The molecule has 3 rings (SSSR count). The minimum Gasteiger partial charge on any atom is -0.495 e. The third-order valence-electron chi connectivity index (χ3n) is 4.20. The van der Waals surface area contributed by atoms with E-state index in [0.29, 0.717) is 33.9 Å². The Morgan fingerprint density at radius 1 is 1.41 bits per heavy atom. The molecule has 1 aromatic heterocycles. The summed E-state index contributed by atoms with van der Waals surface area (Å²) in [5.41, 5.74) is 1.78. The molecule has 0 bridgehead atoms. The smallest absolute Gasteiger partial charge is 0.307 e. The highest BCUT2D eigenvalue weighted by molar-refractivity contribution is 7.14. The number of carbonyl (C=O) groups is 2. The number of carboxylic acid groups (broad SMARTS) is 1. The quantitative estimate of drug-likeness (QED) is 0.675. The molecule has 5 nitrogen and oxygen atoms in total. The van der Waals surface area contributed by atoms with Crippen molar-refractivity contribution < 1.29 is 28.2 Å². The number of nitrogens with zero attached hydrogens (tertiary/aromatic N) is 1. The SMILES string of the molecule is COC1=C(Cl)CC2=NC(C)=C(CC(=O)O)C2=C1C(=O)c1ccc(C(F)F)s1. The monoisotopic (exact) mass is 413 g/mol. The van der Waals surface area contributed by atoms with Gasteiger partial charge in [0.25, 0.3) is 6.43 Å². The molecule has 1 aliphatic carbocycles. The fourth-order valence-electron chi connectivity index (χ4n) is 3.09. The molecule has 0 saturated heterocycles. The van der Waals surface area contributed by atoms with Crippen LogP contribution in [0.15, 0.2) is 50.3 Å². The number of thiophene rings is 1. The van der Waals surface area contributed by atoms with Gasteiger partial charge in [-0.1, -0.05) is 11.6 Å². The Morgan fingerprint density at radius 3 is 2.67 bits per heavy atom. The number of halogens is 3. The molecule has 0 radical (unpaired) electrons. The predicted octanol–water partition coefficient (Wildman–Crippen LogP) is 4.87. The molecular weight excluding hydrogens is 400 g/mol. The van der Waals surface area contributed by atoms with Gasteiger partial charge in [0.1, 0.15) is 5.76 Å². The molecule has 0 aromatic carbocycles. The van der Waals surface area contributed by atoms with Crippen LogP contribution < -0.4 is 0 Å². The molecule has 2 aliphatic rings. The van der Waals surface area contributed by atoms with E-state index in [4.69, 9.17) is 16.3 Å². The number of hydrogen-bond donors (Lipinski definition) is 1. The number of carboxylic acids is 1. The standard InChI is InChI=1S/C18H14ClF2NO4S/c1-7-8(5-13(23)24)14-10(22-7)6-9(19)17(26-2)15(14)16(25)11-3-4-12(27-11)18(20)21/h3-4,18H,5-6H2,1-2H3,(H,23,24). The molecule has 0 spiro atoms. The van der Waals surface area contributed by atoms with Crippen LogP contribution in [0.25, 0.3) is 0 Å². The summed E-state index contributed by atoms with van der Waals surface area (Å²) in [6.45, 7) is 1.65. The highest BCUT2D eigenvalue weighted by Crippen LogP contribution is 2.42. The van der Waals surface area contributed by atoms with E-state index in [9.17, 15) is 23.5 Å². The minimum atomic E-state index is -2.69. The fourth-order valence-corrected chi connectivity index (χ4v) is 4.20. The van der Waals surface area contributed by atoms with E-state index in [2.05, 4.69) is 4.99 Å². The van der Waals surface area contributed by atoms with Crippen LogP contribution in [0.2, 0.25) is 0 Å². The average Bonchev–Trinajstić information content (AvgIpc) is 3.18. The Hall–Kier alpha value is -2.32. The Balaban J connectivity index is 2.19. The van der Waals surface area contributed by atoms with E-state index in [0.717, 1.165) is 0 Å². The number of aliphatic imine (C=N–C) groups is 1. The van der Waals surface area contributed by atoms with Crippen LogP contribution in [-0.4, -0.2) is 29.7 Å². The van der Waals surface area contributed by atoms with Crippen LogP contribution in [0, 0.1) is 0 Å². The summed E-state index contributed by atoms with van der Waals surface area (Å²) in [6.07, 6.45) is -2.81. The topological polar surface area (TPSA) is 76.0 Å². The summed E-state index contributed by atoms with van der Waals surface area (Å²) in [7, 11) is 1.34. The molecule has 0 unspecified atom stereocenters. The van der Waals surface area contributed by atoms with E-state index in [1.165, 1.54) is 19.2 Å². The number of fused-ring (bicyclic) bond motifs is 1. The summed E-state index contributed by atoms with van der Waals surface area (Å²) in [6, 6.07) is 2.51. The molecule has 1 aliphatic heterocycles. The number of ketones is 1. The van der Waals surface area contributed by atoms with Gasteiger partial charge in [0.15, 0.2) is 0 Å². The van der Waals surface area contributed by atoms with Gasteiger partial charge in [0, 0.05) is 17.7 Å². The zero-order valence-electron chi connectivity index (χ0n) is 14.3. The van der Waals surface area contributed by atoms with Crippen molar-refractivity contribution in [2.45, 2.75) is 26.2 Å². The number of carbonyl (C=O) groups excluding carboxylic acids is 1. The summed E-state index contributed by atoms with van der Waals surface area (Å²) < 4.78 is 31.1. The van der Waals surface area contributed by atoms with E-state index in [1.807, 2.05) is 0 Å². The largest absolute Gasteiger partial charge is 0.495 e. The number of allylic oxidation sites excluding steroid dienone is 4. The lowest BCUT2D eigenvalue weighted by molar-refractivity contribution is -0.136. The molecule has 1 aromatic rings. The van der Waals surface area contributed by atoms with Gasteiger partial charge in [-0.05, 0) is 24.6 Å². The lowest BCUT2D eigenvalue weighted by Gasteiger charge is -2.22. The maximum atomic E-state index is 13.1. The fraction of sp³-hybridized carbons (Fsp3) is 0.278. The maximum absolute atomic E-state index is 13.1. The van der Waals surface area contributed by atoms with Crippen molar-refractivity contribution in [2.75, 3.05) is 7.11 Å². The Bertz CT molecular complexity index is 972. The van der Waals surface area contributed by atoms with Crippen molar-refractivity contribution in [3.8, 4) is 0 Å². The molecule has 0 fully saturated rings. The first-order valence-electron chi connectivity index (χ1n) is 7.84. The Morgan fingerprint density at radius 2 is 2.11 bits per heavy atom. The van der Waals surface area contributed by atoms with Crippen molar-refractivity contribution in [1.29, 1.82) is 0 Å². The van der Waals surface area contributed by atoms with Crippen molar-refractivity contribution in [2.24, 2.45) is 4.99 Å². The zero-order valence-corrected chi connectivity index (χ0v) is 15.9. The summed E-state index contributed by atoms with van der Waals surface area (Å²) in [5, 5.41) is 9.47. The summed E-state index contributed by atoms with van der Waals surface area (Å²) in [4.78, 5) is 28.6. The number of hydrogen-bond acceptors (Lipinski definition) is 5. The normalized spacial score (nSPS) is 16.9. The van der Waals surface area contributed by atoms with E-state index in [1.54, 1.807) is 6.92 Å². The number of methoxy groups -OCH3 is 1. The van der Waals surface area contributed by atoms with Crippen molar-refractivity contribution in [3.05, 3.63) is 55.1 Å². The van der Waals surface area contributed by atoms with Crippen LogP contribution in [0.5, 0.6) is 0 Å². The van der Waals surface area contributed by atoms with Crippen LogP contribution >= 0.6 is 22.9 Å². The van der Waals surface area contributed by atoms with Gasteiger partial charge >= 0.3 is 5.97 Å². The van der Waals surface area contributed by atoms with E-state index >= 15 is 0 Å². The number of alkyl halides is 2. The first-order chi connectivity index (χ1) is 12.7. The van der Waals surface area contributed by atoms with Gasteiger partial charge in [-0.2, -0.15) is 0 Å². The first-order valence-corrected chi connectivity index (χ1v) is 9.03. The average molecular weight is 414 g/mol. The Labute approximate surface area is 162 Å². The first kappa shape index (κ1) is 19.4. The third-order valence-corrected chi connectivity index (χ3v) is 5.60. The predicted molar refractivity (Wildman–Crippen MR) is 97.5 cm³/mol. The molecule has 1 N–H and O–H groups in total. The minimum absolute atomic E-state index is 0.0586. The maximum Gasteiger partial charge on any atom is 0.307 e. The van der Waals surface area contributed by atoms with Crippen molar-refractivity contribution in [3.63, 3.8) is 0 Å². The van der Waals surface area contributed by atoms with E-state index in [-0.39, 0.29) is 39.0 Å². The van der Waals surface area contributed by atoms with Gasteiger partial charge in [-0.15, -0.1) is 11.3 Å². The lowest BCUT2D eigenvalue weighted by atomic mass is 9.86. The van der Waals surface area contributed by atoms with E-state index < -0.39 is 18.2 Å². The molecule has 9 heteroatoms. The van der Waals surface area contributed by atoms with Gasteiger partial charge in [-0.25, -0.2) is 8.78 Å². The zero-order chi connectivity index (χ0) is 19.9. The second-order valence-corrected chi connectivity index (χ2v) is 7.46. The number of rotatable bonds is 6. The van der Waals surface area contributed by atoms with Gasteiger partial charge < -0.3 is 9.84 Å². The third kappa shape index (κ3) is 3.46. The summed E-state index contributed by atoms with van der Waals surface area (Å²) in [5.74, 6) is -1.52. The van der Waals surface area contributed by atoms with Gasteiger partial charge in [0.05, 0.1) is 39.6 Å². The van der Waals surface area contributed by atoms with Crippen LogP contribution in [0.4, 0.5) is 8.78 Å². The number of aliphatic carboxylic acids is 1.